The zero-order valence-corrected chi connectivity index (χ0v) is 19.8. The molecule has 0 heterocycles. The molecule has 8 atom stereocenters. The standard InChI is InChI=1S/C28H46O/c1-18(2)19(3)7-8-20(4)24-11-12-25-23-10-9-21-17-22(29)13-15-27(21,5)26(23)14-16-28(24,25)6/h9,18,20,22-26,29H,3,7-8,10-17H2,1-2,4-6H3/t20-,22+,23+,24-,25+,26+,27+,28-/m1/s1/i22T. The summed E-state index contributed by atoms with van der Waals surface area (Å²) in [6.07, 6.45) is 12.7. The van der Waals surface area contributed by atoms with Crippen LogP contribution in [0.2, 0.25) is 0 Å². The smallest absolute Gasteiger partial charge is 0.0604 e. The van der Waals surface area contributed by atoms with Gasteiger partial charge in [-0.25, -0.2) is 0 Å². The van der Waals surface area contributed by atoms with E-state index in [1.54, 1.807) is 0 Å². The third-order valence-electron chi connectivity index (χ3n) is 10.5. The van der Waals surface area contributed by atoms with Crippen molar-refractivity contribution in [2.24, 2.45) is 46.3 Å². The molecule has 0 radical (unpaired) electrons. The maximum absolute atomic E-state index is 10.4. The molecule has 1 N–H and O–H groups in total. The van der Waals surface area contributed by atoms with Gasteiger partial charge in [-0.3, -0.25) is 0 Å². The Hall–Kier alpha value is -0.560. The van der Waals surface area contributed by atoms with E-state index in [0.717, 1.165) is 36.0 Å². The Bertz CT molecular complexity index is 705. The molecule has 0 bridgehead atoms. The third-order valence-corrected chi connectivity index (χ3v) is 10.5. The van der Waals surface area contributed by atoms with Gasteiger partial charge in [0.15, 0.2) is 0 Å². The second kappa shape index (κ2) is 7.85. The Balaban J connectivity index is 1.50. The fraction of sp³-hybridized carbons (Fsp3) is 0.857. The van der Waals surface area contributed by atoms with E-state index in [2.05, 4.69) is 47.3 Å². The molecular weight excluding hydrogens is 352 g/mol. The van der Waals surface area contributed by atoms with Crippen LogP contribution in [0.5, 0.6) is 0 Å². The fourth-order valence-electron chi connectivity index (χ4n) is 8.37. The minimum atomic E-state index is -1.23. The average Bonchev–Trinajstić information content (AvgIpc) is 3.03. The first-order chi connectivity index (χ1) is 14.0. The molecule has 164 valence electrons. The molecule has 1 nitrogen and oxygen atoms in total. The van der Waals surface area contributed by atoms with E-state index >= 15 is 0 Å². The van der Waals surface area contributed by atoms with Gasteiger partial charge in [0.1, 0.15) is 0 Å². The van der Waals surface area contributed by atoms with Gasteiger partial charge in [-0.2, -0.15) is 0 Å². The van der Waals surface area contributed by atoms with Gasteiger partial charge in [0.05, 0.1) is 7.45 Å². The molecule has 4 aliphatic rings. The monoisotopic (exact) mass is 400 g/mol. The lowest BCUT2D eigenvalue weighted by Crippen LogP contribution is -2.50. The molecule has 3 fully saturated rings. The summed E-state index contributed by atoms with van der Waals surface area (Å²) >= 11 is 0. The molecule has 29 heavy (non-hydrogen) atoms. The van der Waals surface area contributed by atoms with Crippen molar-refractivity contribution in [3.63, 3.8) is 0 Å². The van der Waals surface area contributed by atoms with Crippen molar-refractivity contribution < 1.29 is 6.48 Å². The molecule has 0 spiro atoms. The minimum absolute atomic E-state index is 0.232. The lowest BCUT2D eigenvalue weighted by molar-refractivity contribution is -0.0571. The van der Waals surface area contributed by atoms with Gasteiger partial charge in [-0.05, 0) is 111 Å². The van der Waals surface area contributed by atoms with Crippen LogP contribution in [0.3, 0.4) is 0 Å². The van der Waals surface area contributed by atoms with Crippen molar-refractivity contribution >= 4 is 0 Å². The van der Waals surface area contributed by atoms with Crippen LogP contribution in [0.4, 0.5) is 0 Å². The van der Waals surface area contributed by atoms with Crippen LogP contribution in [0.25, 0.3) is 0 Å². The summed E-state index contributed by atoms with van der Waals surface area (Å²) in [6, 6.07) is 0. The largest absolute Gasteiger partial charge is 0.393 e. The number of hydrogen-bond donors (Lipinski definition) is 1. The summed E-state index contributed by atoms with van der Waals surface area (Å²) in [6.45, 7) is 16.5. The molecule has 1 heteroatoms. The van der Waals surface area contributed by atoms with Gasteiger partial charge in [0, 0.05) is 0 Å². The zero-order valence-electron chi connectivity index (χ0n) is 20.8. The van der Waals surface area contributed by atoms with E-state index in [9.17, 15) is 5.11 Å². The first-order valence-corrected chi connectivity index (χ1v) is 12.6. The predicted molar refractivity (Wildman–Crippen MR) is 124 cm³/mol. The molecule has 3 saturated carbocycles. The SMILES string of the molecule is [3H][C@]1(O)CC[C@@]2(C)C(=CC[C@H]3[C@@H]4CC[C@H]([C@H](C)CCC(=C)C(C)C)[C@@]4(C)CC[C@@H]32)C1. The highest BCUT2D eigenvalue weighted by Crippen LogP contribution is 2.67. The lowest BCUT2D eigenvalue weighted by Gasteiger charge is -2.58. The van der Waals surface area contributed by atoms with Crippen LogP contribution in [-0.2, 0) is 0 Å². The first-order valence-electron chi connectivity index (χ1n) is 13.1. The fourth-order valence-corrected chi connectivity index (χ4v) is 8.37. The number of allylic oxidation sites excluding steroid dienone is 2. The Kier molecular flexibility index (Phi) is 5.51. The van der Waals surface area contributed by atoms with Gasteiger partial charge in [-0.1, -0.05) is 58.4 Å². The molecular formula is C28H46O. The van der Waals surface area contributed by atoms with Gasteiger partial charge < -0.3 is 5.11 Å². The third kappa shape index (κ3) is 3.58. The Morgan fingerprint density at radius 2 is 1.93 bits per heavy atom. The highest BCUT2D eigenvalue weighted by atomic mass is 16.3. The summed E-state index contributed by atoms with van der Waals surface area (Å²) in [5, 5.41) is 10.4. The number of hydrogen-bond acceptors (Lipinski definition) is 1. The first kappa shape index (κ1) is 20.3. The molecule has 0 amide bonds. The van der Waals surface area contributed by atoms with Crippen molar-refractivity contribution in [1.29, 1.82) is 0 Å². The molecule has 4 aliphatic carbocycles. The van der Waals surface area contributed by atoms with Crippen LogP contribution in [0, 0.1) is 46.3 Å². The van der Waals surface area contributed by atoms with E-state index in [1.165, 1.54) is 56.1 Å². The molecule has 0 aromatic carbocycles. The summed E-state index contributed by atoms with van der Waals surface area (Å²) < 4.78 is 8.19. The molecule has 0 unspecified atom stereocenters. The van der Waals surface area contributed by atoms with Gasteiger partial charge in [0.25, 0.3) is 0 Å². The van der Waals surface area contributed by atoms with Crippen molar-refractivity contribution in [1.82, 2.24) is 0 Å². The number of rotatable bonds is 5. The lowest BCUT2D eigenvalue weighted by atomic mass is 9.47. The van der Waals surface area contributed by atoms with E-state index in [1.807, 2.05) is 0 Å². The topological polar surface area (TPSA) is 20.2 Å². The maximum Gasteiger partial charge on any atom is 0.0604 e. The van der Waals surface area contributed by atoms with E-state index in [0.29, 0.717) is 24.2 Å². The average molecular weight is 401 g/mol. The summed E-state index contributed by atoms with van der Waals surface area (Å²) in [7, 11) is 0. The second-order valence-electron chi connectivity index (χ2n) is 12.1. The van der Waals surface area contributed by atoms with Gasteiger partial charge in [0.2, 0.25) is 0 Å². The molecule has 0 aliphatic heterocycles. The van der Waals surface area contributed by atoms with E-state index in [-0.39, 0.29) is 5.41 Å². The van der Waals surface area contributed by atoms with Crippen molar-refractivity contribution in [3.8, 4) is 0 Å². The van der Waals surface area contributed by atoms with Crippen molar-refractivity contribution in [3.05, 3.63) is 23.8 Å². The van der Waals surface area contributed by atoms with Gasteiger partial charge >= 0.3 is 0 Å². The Labute approximate surface area is 181 Å². The van der Waals surface area contributed by atoms with Crippen LogP contribution in [0.1, 0.15) is 100 Å². The Morgan fingerprint density at radius 3 is 2.66 bits per heavy atom. The van der Waals surface area contributed by atoms with Crippen LogP contribution in [-0.4, -0.2) is 11.2 Å². The van der Waals surface area contributed by atoms with Crippen LogP contribution < -0.4 is 0 Å². The predicted octanol–water partition coefficient (Wildman–Crippen LogP) is 7.55. The number of fused-ring (bicyclic) bond motifs is 5. The molecule has 4 rings (SSSR count). The minimum Gasteiger partial charge on any atom is -0.393 e. The quantitative estimate of drug-likeness (QED) is 0.472. The number of aliphatic hydroxyl groups is 1. The molecule has 0 saturated heterocycles. The van der Waals surface area contributed by atoms with Crippen LogP contribution in [0.15, 0.2) is 23.8 Å². The summed E-state index contributed by atoms with van der Waals surface area (Å²) in [4.78, 5) is 0. The van der Waals surface area contributed by atoms with Crippen LogP contribution >= 0.6 is 0 Å². The van der Waals surface area contributed by atoms with E-state index in [4.69, 9.17) is 1.37 Å². The molecule has 0 aromatic rings. The summed E-state index contributed by atoms with van der Waals surface area (Å²) in [5.74, 6) is 4.72. The van der Waals surface area contributed by atoms with E-state index < -0.39 is 6.08 Å². The normalized spacial score (nSPS) is 48.2. The van der Waals surface area contributed by atoms with Crippen molar-refractivity contribution in [2.75, 3.05) is 0 Å². The van der Waals surface area contributed by atoms with Gasteiger partial charge in [-0.15, -0.1) is 0 Å². The zero-order chi connectivity index (χ0) is 21.9. The maximum atomic E-state index is 10.4. The second-order valence-corrected chi connectivity index (χ2v) is 12.1. The highest BCUT2D eigenvalue weighted by Gasteiger charge is 2.59. The van der Waals surface area contributed by atoms with Crippen molar-refractivity contribution in [2.45, 2.75) is 105 Å². The highest BCUT2D eigenvalue weighted by molar-refractivity contribution is 5.25. The summed E-state index contributed by atoms with van der Waals surface area (Å²) in [5.41, 5.74) is 3.57. The molecule has 0 aromatic heterocycles. The Morgan fingerprint density at radius 1 is 1.17 bits per heavy atom.